The molecule has 0 spiro atoms. The van der Waals surface area contributed by atoms with Crippen LogP contribution in [0.5, 0.6) is 5.75 Å². The number of nitrogens with zero attached hydrogens (tertiary/aromatic N) is 1. The summed E-state index contributed by atoms with van der Waals surface area (Å²) < 4.78 is 10.8. The van der Waals surface area contributed by atoms with E-state index in [0.29, 0.717) is 6.61 Å². The van der Waals surface area contributed by atoms with Crippen molar-refractivity contribution in [1.29, 1.82) is 0 Å². The minimum Gasteiger partial charge on any atom is -0.497 e. The molecule has 0 amide bonds. The number of methoxy groups -OCH3 is 1. The van der Waals surface area contributed by atoms with Crippen LogP contribution in [0.2, 0.25) is 0 Å². The van der Waals surface area contributed by atoms with Gasteiger partial charge < -0.3 is 9.47 Å². The van der Waals surface area contributed by atoms with Gasteiger partial charge in [0.25, 0.3) is 0 Å². The molecule has 4 nitrogen and oxygen atoms in total. The van der Waals surface area contributed by atoms with Crippen LogP contribution in [-0.2, 0) is 9.53 Å². The average Bonchev–Trinajstić information content (AvgIpc) is 2.67. The first-order chi connectivity index (χ1) is 12.2. The van der Waals surface area contributed by atoms with Crippen molar-refractivity contribution in [2.45, 2.75) is 32.1 Å². The molecule has 1 fully saturated rings. The summed E-state index contributed by atoms with van der Waals surface area (Å²) in [5.74, 6) is 0.433. The van der Waals surface area contributed by atoms with Crippen molar-refractivity contribution in [1.82, 2.24) is 4.90 Å². The van der Waals surface area contributed by atoms with Crippen LogP contribution < -0.4 is 4.74 Å². The number of carbonyl (C=O) groups is 1. The van der Waals surface area contributed by atoms with Crippen LogP contribution in [0.15, 0.2) is 36.4 Å². The molecule has 0 N–H and O–H groups in total. The molecule has 2 aromatic carbocycles. The van der Waals surface area contributed by atoms with Gasteiger partial charge in [0.1, 0.15) is 12.4 Å². The van der Waals surface area contributed by atoms with Crippen molar-refractivity contribution in [2.75, 3.05) is 33.4 Å². The second kappa shape index (κ2) is 9.79. The second-order valence-electron chi connectivity index (χ2n) is 6.76. The number of halogens is 1. The lowest BCUT2D eigenvalue weighted by molar-refractivity contribution is -0.145. The Morgan fingerprint density at radius 3 is 2.50 bits per heavy atom. The molecule has 1 unspecified atom stereocenters. The third kappa shape index (κ3) is 5.12. The molecule has 0 bridgehead atoms. The number of likely N-dealkylation sites (tertiary alicyclic amines) is 1. The smallest absolute Gasteiger partial charge is 0.313 e. The number of fused-ring (bicyclic) bond motifs is 1. The number of esters is 1. The summed E-state index contributed by atoms with van der Waals surface area (Å²) >= 11 is 0. The van der Waals surface area contributed by atoms with Gasteiger partial charge in [0.15, 0.2) is 0 Å². The summed E-state index contributed by atoms with van der Waals surface area (Å²) in [6.45, 7) is 5.49. The van der Waals surface area contributed by atoms with E-state index < -0.39 is 0 Å². The zero-order valence-corrected chi connectivity index (χ0v) is 16.4. The standard InChI is InChI=1S/C21H27NO3.ClH/c1-16(21(23)25-13-12-22-10-4-3-5-11-22)17-6-7-19-15-20(24-2)9-8-18(19)14-17;/h6-9,14-16H,3-5,10-13H2,1-2H3;1H. The van der Waals surface area contributed by atoms with Crippen LogP contribution in [0.25, 0.3) is 10.8 Å². The highest BCUT2D eigenvalue weighted by Gasteiger charge is 2.18. The number of benzene rings is 2. The second-order valence-corrected chi connectivity index (χ2v) is 6.76. The quantitative estimate of drug-likeness (QED) is 0.699. The lowest BCUT2D eigenvalue weighted by Crippen LogP contribution is -2.33. The highest BCUT2D eigenvalue weighted by Crippen LogP contribution is 2.25. The maximum atomic E-state index is 12.4. The molecule has 2 aromatic rings. The van der Waals surface area contributed by atoms with Crippen molar-refractivity contribution in [3.63, 3.8) is 0 Å². The fourth-order valence-electron chi connectivity index (χ4n) is 3.36. The SMILES string of the molecule is COc1ccc2cc(C(C)C(=O)OCCN3CCCCC3)ccc2c1.Cl. The van der Waals surface area contributed by atoms with Crippen molar-refractivity contribution in [2.24, 2.45) is 0 Å². The molecule has 26 heavy (non-hydrogen) atoms. The van der Waals surface area contributed by atoms with Crippen LogP contribution >= 0.6 is 12.4 Å². The van der Waals surface area contributed by atoms with Gasteiger partial charge in [-0.25, -0.2) is 0 Å². The van der Waals surface area contributed by atoms with Crippen LogP contribution in [-0.4, -0.2) is 44.2 Å². The summed E-state index contributed by atoms with van der Waals surface area (Å²) in [7, 11) is 1.66. The first-order valence-electron chi connectivity index (χ1n) is 9.14. The first-order valence-corrected chi connectivity index (χ1v) is 9.14. The van der Waals surface area contributed by atoms with Crippen molar-refractivity contribution in [3.05, 3.63) is 42.0 Å². The third-order valence-electron chi connectivity index (χ3n) is 5.03. The Labute approximate surface area is 161 Å². The summed E-state index contributed by atoms with van der Waals surface area (Å²) in [4.78, 5) is 14.7. The number of hydrogen-bond acceptors (Lipinski definition) is 4. The summed E-state index contributed by atoms with van der Waals surface area (Å²) in [6.07, 6.45) is 3.83. The van der Waals surface area contributed by atoms with Crippen molar-refractivity contribution >= 4 is 29.1 Å². The Balaban J connectivity index is 0.00000243. The summed E-state index contributed by atoms with van der Waals surface area (Å²) in [5, 5.41) is 2.21. The zero-order valence-electron chi connectivity index (χ0n) is 15.6. The third-order valence-corrected chi connectivity index (χ3v) is 5.03. The maximum Gasteiger partial charge on any atom is 0.313 e. The maximum absolute atomic E-state index is 12.4. The van der Waals surface area contributed by atoms with E-state index in [4.69, 9.17) is 9.47 Å². The topological polar surface area (TPSA) is 38.8 Å². The van der Waals surface area contributed by atoms with E-state index in [9.17, 15) is 4.79 Å². The Hall–Kier alpha value is -1.78. The fourth-order valence-corrected chi connectivity index (χ4v) is 3.36. The van der Waals surface area contributed by atoms with Crippen molar-refractivity contribution in [3.8, 4) is 5.75 Å². The Morgan fingerprint density at radius 2 is 1.77 bits per heavy atom. The summed E-state index contributed by atoms with van der Waals surface area (Å²) in [6, 6.07) is 12.1. The molecule has 1 aliphatic heterocycles. The average molecular weight is 378 g/mol. The lowest BCUT2D eigenvalue weighted by Gasteiger charge is -2.26. The van der Waals surface area contributed by atoms with Gasteiger partial charge >= 0.3 is 5.97 Å². The molecule has 1 atom stereocenters. The van der Waals surface area contributed by atoms with Gasteiger partial charge in [0.2, 0.25) is 0 Å². The highest BCUT2D eigenvalue weighted by atomic mass is 35.5. The van der Waals surface area contributed by atoms with Gasteiger partial charge in [0, 0.05) is 6.54 Å². The zero-order chi connectivity index (χ0) is 17.6. The number of rotatable bonds is 6. The monoisotopic (exact) mass is 377 g/mol. The van der Waals surface area contributed by atoms with E-state index in [-0.39, 0.29) is 24.3 Å². The van der Waals surface area contributed by atoms with E-state index in [1.165, 1.54) is 19.3 Å². The lowest BCUT2D eigenvalue weighted by atomic mass is 9.98. The molecular weight excluding hydrogens is 350 g/mol. The molecular formula is C21H28ClNO3. The highest BCUT2D eigenvalue weighted by molar-refractivity contribution is 5.86. The number of piperidine rings is 1. The van der Waals surface area contributed by atoms with Crippen LogP contribution in [0.4, 0.5) is 0 Å². The van der Waals surface area contributed by atoms with Gasteiger partial charge in [-0.1, -0.05) is 30.7 Å². The van der Waals surface area contributed by atoms with E-state index >= 15 is 0 Å². The molecule has 0 aliphatic carbocycles. The molecule has 1 heterocycles. The van der Waals surface area contributed by atoms with Crippen LogP contribution in [0.1, 0.15) is 37.7 Å². The largest absolute Gasteiger partial charge is 0.497 e. The van der Waals surface area contributed by atoms with Gasteiger partial charge in [0.05, 0.1) is 13.0 Å². The Morgan fingerprint density at radius 1 is 1.08 bits per heavy atom. The normalized spacial score (nSPS) is 15.9. The Bertz CT molecular complexity index is 728. The van der Waals surface area contributed by atoms with E-state index in [1.807, 2.05) is 37.3 Å². The number of carbonyl (C=O) groups excluding carboxylic acids is 1. The number of ether oxygens (including phenoxy) is 2. The van der Waals surface area contributed by atoms with Gasteiger partial charge in [-0.15, -0.1) is 12.4 Å². The Kier molecular flexibility index (Phi) is 7.73. The van der Waals surface area contributed by atoms with Gasteiger partial charge in [-0.2, -0.15) is 0 Å². The number of hydrogen-bond donors (Lipinski definition) is 0. The molecule has 0 saturated carbocycles. The summed E-state index contributed by atoms with van der Waals surface area (Å²) in [5.41, 5.74) is 0.987. The minimum atomic E-state index is -0.257. The van der Waals surface area contributed by atoms with Crippen molar-refractivity contribution < 1.29 is 14.3 Å². The van der Waals surface area contributed by atoms with Gasteiger partial charge in [-0.05, 0) is 61.3 Å². The molecule has 0 aromatic heterocycles. The van der Waals surface area contributed by atoms with E-state index in [1.54, 1.807) is 7.11 Å². The molecule has 0 radical (unpaired) electrons. The molecule has 1 saturated heterocycles. The van der Waals surface area contributed by atoms with Crippen LogP contribution in [0, 0.1) is 0 Å². The van der Waals surface area contributed by atoms with Gasteiger partial charge in [-0.3, -0.25) is 9.69 Å². The van der Waals surface area contributed by atoms with E-state index in [0.717, 1.165) is 41.7 Å². The fraction of sp³-hybridized carbons (Fsp3) is 0.476. The predicted octanol–water partition coefficient (Wildman–Crippen LogP) is 4.40. The molecule has 5 heteroatoms. The minimum absolute atomic E-state index is 0. The molecule has 1 aliphatic rings. The predicted molar refractivity (Wildman–Crippen MR) is 107 cm³/mol. The first kappa shape index (κ1) is 20.5. The molecule has 142 valence electrons. The van der Waals surface area contributed by atoms with E-state index in [2.05, 4.69) is 11.0 Å². The van der Waals surface area contributed by atoms with Crippen LogP contribution in [0.3, 0.4) is 0 Å². The molecule has 3 rings (SSSR count).